The van der Waals surface area contributed by atoms with Crippen molar-refractivity contribution >= 4 is 0 Å². The van der Waals surface area contributed by atoms with Crippen LogP contribution in [-0.4, -0.2) is 10.1 Å². The van der Waals surface area contributed by atoms with Crippen LogP contribution in [-0.2, 0) is 0 Å². The summed E-state index contributed by atoms with van der Waals surface area (Å²) in [4.78, 5) is 4.01. The second kappa shape index (κ2) is 4.59. The highest BCUT2D eigenvalue weighted by molar-refractivity contribution is 5.28. The number of aromatic nitrogens is 1. The van der Waals surface area contributed by atoms with Crippen LogP contribution in [0.3, 0.4) is 0 Å². The minimum atomic E-state index is -1.18. The molecule has 17 heavy (non-hydrogen) atoms. The summed E-state index contributed by atoms with van der Waals surface area (Å²) in [6.45, 7) is 1.86. The number of aryl methyl sites for hydroxylation is 1. The molecule has 1 aromatic heterocycles. The highest BCUT2D eigenvalue weighted by atomic mass is 19.1. The van der Waals surface area contributed by atoms with Crippen molar-refractivity contribution in [2.75, 3.05) is 0 Å². The average molecular weight is 235 g/mol. The third-order valence-corrected chi connectivity index (χ3v) is 2.47. The summed E-state index contributed by atoms with van der Waals surface area (Å²) >= 11 is 0. The Labute approximate surface area is 97.6 Å². The summed E-state index contributed by atoms with van der Waals surface area (Å²) in [5.74, 6) is -1.45. The molecular weight excluding hydrogens is 224 g/mol. The number of nitrogens with zero attached hydrogens (tertiary/aromatic N) is 1. The van der Waals surface area contributed by atoms with E-state index < -0.39 is 17.7 Å². The molecule has 0 saturated heterocycles. The van der Waals surface area contributed by atoms with Crippen LogP contribution in [0.25, 0.3) is 0 Å². The molecule has 0 fully saturated rings. The van der Waals surface area contributed by atoms with Crippen molar-refractivity contribution in [1.82, 2.24) is 4.98 Å². The topological polar surface area (TPSA) is 33.1 Å². The Morgan fingerprint density at radius 1 is 1.18 bits per heavy atom. The Morgan fingerprint density at radius 2 is 1.94 bits per heavy atom. The molecule has 0 aliphatic heterocycles. The predicted octanol–water partition coefficient (Wildman–Crippen LogP) is 2.75. The zero-order valence-corrected chi connectivity index (χ0v) is 9.19. The largest absolute Gasteiger partial charge is 0.382 e. The number of hydrogen-bond donors (Lipinski definition) is 1. The fourth-order valence-corrected chi connectivity index (χ4v) is 1.52. The lowest BCUT2D eigenvalue weighted by Gasteiger charge is -2.11. The van der Waals surface area contributed by atoms with Gasteiger partial charge in [0.1, 0.15) is 17.7 Å². The Kier molecular flexibility index (Phi) is 3.15. The summed E-state index contributed by atoms with van der Waals surface area (Å²) in [6, 6.07) is 6.45. The second-order valence-corrected chi connectivity index (χ2v) is 3.83. The number of hydrogen-bond acceptors (Lipinski definition) is 2. The lowest BCUT2D eigenvalue weighted by molar-refractivity contribution is 0.210. The standard InChI is InChI=1S/C13H11F2NO/c1-8-2-5-12(16-7-8)13(17)10-4-3-9(14)6-11(10)15/h2-7,13,17H,1H3. The number of benzene rings is 1. The van der Waals surface area contributed by atoms with Crippen LogP contribution in [0, 0.1) is 18.6 Å². The first-order valence-corrected chi connectivity index (χ1v) is 5.13. The van der Waals surface area contributed by atoms with Crippen LogP contribution in [0.4, 0.5) is 8.78 Å². The maximum Gasteiger partial charge on any atom is 0.132 e. The molecule has 0 radical (unpaired) electrons. The van der Waals surface area contributed by atoms with E-state index in [-0.39, 0.29) is 5.56 Å². The molecule has 1 atom stereocenters. The van der Waals surface area contributed by atoms with Gasteiger partial charge in [0.05, 0.1) is 5.69 Å². The number of pyridine rings is 1. The monoisotopic (exact) mass is 235 g/mol. The first kappa shape index (κ1) is 11.7. The number of rotatable bonds is 2. The van der Waals surface area contributed by atoms with Gasteiger partial charge in [0.2, 0.25) is 0 Å². The maximum atomic E-state index is 13.4. The lowest BCUT2D eigenvalue weighted by atomic mass is 10.0. The summed E-state index contributed by atoms with van der Waals surface area (Å²) < 4.78 is 26.2. The highest BCUT2D eigenvalue weighted by Gasteiger charge is 2.16. The first-order chi connectivity index (χ1) is 8.08. The molecule has 0 aliphatic rings. The van der Waals surface area contributed by atoms with Gasteiger partial charge in [-0.25, -0.2) is 8.78 Å². The van der Waals surface area contributed by atoms with Crippen LogP contribution in [0.1, 0.15) is 22.9 Å². The van der Waals surface area contributed by atoms with E-state index in [1.807, 2.05) is 6.92 Å². The molecule has 1 N–H and O–H groups in total. The first-order valence-electron chi connectivity index (χ1n) is 5.13. The van der Waals surface area contributed by atoms with E-state index in [0.29, 0.717) is 5.69 Å². The smallest absolute Gasteiger partial charge is 0.132 e. The molecule has 2 aromatic rings. The van der Waals surface area contributed by atoms with Gasteiger partial charge in [0, 0.05) is 17.8 Å². The van der Waals surface area contributed by atoms with Crippen molar-refractivity contribution in [1.29, 1.82) is 0 Å². The molecular formula is C13H11F2NO. The third kappa shape index (κ3) is 2.47. The second-order valence-electron chi connectivity index (χ2n) is 3.83. The van der Waals surface area contributed by atoms with Gasteiger partial charge in [-0.3, -0.25) is 4.98 Å². The number of aliphatic hydroxyl groups excluding tert-OH is 1. The van der Waals surface area contributed by atoms with Crippen LogP contribution in [0.15, 0.2) is 36.5 Å². The fraction of sp³-hybridized carbons (Fsp3) is 0.154. The number of aliphatic hydroxyl groups is 1. The molecule has 1 unspecified atom stereocenters. The molecule has 4 heteroatoms. The lowest BCUT2D eigenvalue weighted by Crippen LogP contribution is -2.05. The summed E-state index contributed by atoms with van der Waals surface area (Å²) in [5.41, 5.74) is 1.30. The van der Waals surface area contributed by atoms with Crippen molar-refractivity contribution in [3.8, 4) is 0 Å². The van der Waals surface area contributed by atoms with E-state index in [2.05, 4.69) is 4.98 Å². The van der Waals surface area contributed by atoms with Gasteiger partial charge in [-0.1, -0.05) is 12.1 Å². The van der Waals surface area contributed by atoms with Gasteiger partial charge in [-0.15, -0.1) is 0 Å². The molecule has 0 aliphatic carbocycles. The van der Waals surface area contributed by atoms with Gasteiger partial charge in [0.25, 0.3) is 0 Å². The Morgan fingerprint density at radius 3 is 2.53 bits per heavy atom. The zero-order valence-electron chi connectivity index (χ0n) is 9.19. The van der Waals surface area contributed by atoms with Crippen molar-refractivity contribution < 1.29 is 13.9 Å². The van der Waals surface area contributed by atoms with E-state index in [9.17, 15) is 13.9 Å². The summed E-state index contributed by atoms with van der Waals surface area (Å²) in [7, 11) is 0. The average Bonchev–Trinajstić information content (AvgIpc) is 2.29. The molecule has 0 spiro atoms. The van der Waals surface area contributed by atoms with Gasteiger partial charge in [0.15, 0.2) is 0 Å². The van der Waals surface area contributed by atoms with Crippen molar-refractivity contribution in [2.45, 2.75) is 13.0 Å². The normalized spacial score (nSPS) is 12.5. The molecule has 2 rings (SSSR count). The molecule has 88 valence electrons. The quantitative estimate of drug-likeness (QED) is 0.868. The molecule has 0 saturated carbocycles. The van der Waals surface area contributed by atoms with Crippen LogP contribution < -0.4 is 0 Å². The Balaban J connectivity index is 2.36. The van der Waals surface area contributed by atoms with E-state index in [4.69, 9.17) is 0 Å². The predicted molar refractivity (Wildman–Crippen MR) is 59.4 cm³/mol. The van der Waals surface area contributed by atoms with Crippen molar-refractivity contribution in [2.24, 2.45) is 0 Å². The number of halogens is 2. The van der Waals surface area contributed by atoms with Gasteiger partial charge < -0.3 is 5.11 Å². The van der Waals surface area contributed by atoms with Gasteiger partial charge >= 0.3 is 0 Å². The van der Waals surface area contributed by atoms with E-state index in [0.717, 1.165) is 17.7 Å². The molecule has 0 amide bonds. The van der Waals surface area contributed by atoms with Crippen molar-refractivity contribution in [3.05, 3.63) is 65.0 Å². The molecule has 1 aromatic carbocycles. The van der Waals surface area contributed by atoms with Crippen LogP contribution in [0.2, 0.25) is 0 Å². The van der Waals surface area contributed by atoms with Crippen molar-refractivity contribution in [3.63, 3.8) is 0 Å². The molecule has 2 nitrogen and oxygen atoms in total. The van der Waals surface area contributed by atoms with Crippen LogP contribution in [0.5, 0.6) is 0 Å². The minimum absolute atomic E-state index is 0.0164. The Hall–Kier alpha value is -1.81. The summed E-state index contributed by atoms with van der Waals surface area (Å²) in [5, 5.41) is 9.93. The van der Waals surface area contributed by atoms with Gasteiger partial charge in [-0.05, 0) is 24.6 Å². The summed E-state index contributed by atoms with van der Waals surface area (Å²) in [6.07, 6.45) is 0.399. The zero-order chi connectivity index (χ0) is 12.4. The molecule has 1 heterocycles. The van der Waals surface area contributed by atoms with E-state index in [1.54, 1.807) is 18.3 Å². The fourth-order valence-electron chi connectivity index (χ4n) is 1.52. The third-order valence-electron chi connectivity index (χ3n) is 2.47. The minimum Gasteiger partial charge on any atom is -0.382 e. The molecule has 0 bridgehead atoms. The van der Waals surface area contributed by atoms with E-state index in [1.165, 1.54) is 6.07 Å². The Bertz CT molecular complexity index is 525. The van der Waals surface area contributed by atoms with Gasteiger partial charge in [-0.2, -0.15) is 0 Å². The van der Waals surface area contributed by atoms with Crippen LogP contribution >= 0.6 is 0 Å². The highest BCUT2D eigenvalue weighted by Crippen LogP contribution is 2.23. The maximum absolute atomic E-state index is 13.4. The van der Waals surface area contributed by atoms with E-state index >= 15 is 0 Å². The SMILES string of the molecule is Cc1ccc(C(O)c2ccc(F)cc2F)nc1.